The smallest absolute Gasteiger partial charge is 0.339 e. The van der Waals surface area contributed by atoms with Crippen LogP contribution in [-0.4, -0.2) is 23.3 Å². The van der Waals surface area contributed by atoms with Crippen molar-refractivity contribution in [2.75, 3.05) is 7.11 Å². The van der Waals surface area contributed by atoms with Crippen LogP contribution in [0.4, 0.5) is 0 Å². The van der Waals surface area contributed by atoms with Gasteiger partial charge in [0, 0.05) is 0 Å². The topological polar surface area (TPSA) is 76.0 Å². The van der Waals surface area contributed by atoms with Crippen LogP contribution in [0, 0.1) is 6.92 Å². The number of esters is 1. The van der Waals surface area contributed by atoms with E-state index < -0.39 is 12.1 Å². The van der Waals surface area contributed by atoms with E-state index in [4.69, 9.17) is 9.47 Å². The number of rotatable bonds is 2. The third kappa shape index (κ3) is 1.98. The Morgan fingerprint density at radius 1 is 1.14 bits per heavy atom. The van der Waals surface area contributed by atoms with Gasteiger partial charge >= 0.3 is 5.97 Å². The average molecular weight is 286 g/mol. The van der Waals surface area contributed by atoms with Gasteiger partial charge in [-0.15, -0.1) is 0 Å². The molecule has 3 rings (SSSR count). The maximum atomic E-state index is 12.1. The van der Waals surface area contributed by atoms with Crippen LogP contribution >= 0.6 is 0 Å². The van der Waals surface area contributed by atoms with E-state index in [1.807, 2.05) is 6.92 Å². The molecule has 0 aliphatic carbocycles. The van der Waals surface area contributed by atoms with Crippen LogP contribution in [0.25, 0.3) is 0 Å². The van der Waals surface area contributed by atoms with E-state index in [2.05, 4.69) is 0 Å². The van der Waals surface area contributed by atoms with Gasteiger partial charge in [-0.25, -0.2) is 4.79 Å². The molecule has 0 spiro atoms. The summed E-state index contributed by atoms with van der Waals surface area (Å²) in [7, 11) is 1.50. The number of hydrogen-bond acceptors (Lipinski definition) is 5. The van der Waals surface area contributed by atoms with Gasteiger partial charge in [0.05, 0.1) is 23.8 Å². The molecule has 1 heterocycles. The number of phenols is 2. The van der Waals surface area contributed by atoms with Gasteiger partial charge in [-0.3, -0.25) is 0 Å². The zero-order valence-corrected chi connectivity index (χ0v) is 11.6. The van der Waals surface area contributed by atoms with Gasteiger partial charge in [-0.05, 0) is 36.8 Å². The number of fused-ring (bicyclic) bond motifs is 1. The normalized spacial score (nSPS) is 16.5. The molecular formula is C16H14O5. The Hall–Kier alpha value is -2.69. The number of aromatic hydroxyl groups is 2. The highest BCUT2D eigenvalue weighted by atomic mass is 16.6. The molecular weight excluding hydrogens is 272 g/mol. The largest absolute Gasteiger partial charge is 0.507 e. The molecule has 5 nitrogen and oxygen atoms in total. The van der Waals surface area contributed by atoms with Crippen molar-refractivity contribution in [3.05, 3.63) is 52.6 Å². The van der Waals surface area contributed by atoms with Crippen molar-refractivity contribution < 1.29 is 24.5 Å². The number of cyclic esters (lactones) is 1. The molecule has 1 aliphatic rings. The van der Waals surface area contributed by atoms with Crippen LogP contribution in [0.15, 0.2) is 30.3 Å². The molecule has 0 radical (unpaired) electrons. The van der Waals surface area contributed by atoms with E-state index >= 15 is 0 Å². The summed E-state index contributed by atoms with van der Waals surface area (Å²) in [6.07, 6.45) is -0.885. The van der Waals surface area contributed by atoms with Gasteiger partial charge in [0.2, 0.25) is 0 Å². The summed E-state index contributed by atoms with van der Waals surface area (Å²) in [5.74, 6) is -0.283. The minimum absolute atomic E-state index is 0.136. The molecule has 0 saturated heterocycles. The summed E-state index contributed by atoms with van der Waals surface area (Å²) in [4.78, 5) is 12.1. The number of carbonyl (C=O) groups is 1. The molecule has 1 unspecified atom stereocenters. The second-order valence-corrected chi connectivity index (χ2v) is 4.92. The third-order valence-electron chi connectivity index (χ3n) is 3.54. The van der Waals surface area contributed by atoms with Gasteiger partial charge in [0.15, 0.2) is 6.10 Å². The predicted molar refractivity (Wildman–Crippen MR) is 74.8 cm³/mol. The van der Waals surface area contributed by atoms with Crippen molar-refractivity contribution in [1.29, 1.82) is 0 Å². The number of carbonyl (C=O) groups excluding carboxylic acids is 1. The second-order valence-electron chi connectivity index (χ2n) is 4.92. The van der Waals surface area contributed by atoms with Crippen molar-refractivity contribution >= 4 is 5.97 Å². The number of hydrogen-bond donors (Lipinski definition) is 2. The van der Waals surface area contributed by atoms with E-state index in [9.17, 15) is 15.0 Å². The molecule has 0 saturated carbocycles. The first-order valence-corrected chi connectivity index (χ1v) is 6.43. The van der Waals surface area contributed by atoms with Gasteiger partial charge in [0.25, 0.3) is 0 Å². The molecule has 0 aromatic heterocycles. The van der Waals surface area contributed by atoms with Crippen molar-refractivity contribution in [1.82, 2.24) is 0 Å². The number of phenolic OH excluding ortho intramolecular Hbond substituents is 2. The Morgan fingerprint density at radius 3 is 2.43 bits per heavy atom. The van der Waals surface area contributed by atoms with E-state index in [0.29, 0.717) is 16.9 Å². The Morgan fingerprint density at radius 2 is 1.81 bits per heavy atom. The highest BCUT2D eigenvalue weighted by Crippen LogP contribution is 2.47. The molecule has 2 aromatic rings. The Bertz CT molecular complexity index is 715. The molecule has 108 valence electrons. The first-order valence-electron chi connectivity index (χ1n) is 6.43. The monoisotopic (exact) mass is 286 g/mol. The molecule has 0 amide bonds. The Kier molecular flexibility index (Phi) is 2.97. The van der Waals surface area contributed by atoms with Gasteiger partial charge in [-0.1, -0.05) is 6.07 Å². The van der Waals surface area contributed by atoms with Gasteiger partial charge < -0.3 is 19.7 Å². The zero-order valence-electron chi connectivity index (χ0n) is 11.6. The minimum atomic E-state index is -0.885. The number of ether oxygens (including phenoxy) is 2. The lowest BCUT2D eigenvalue weighted by atomic mass is 9.95. The maximum absolute atomic E-state index is 12.1. The van der Waals surface area contributed by atoms with Crippen molar-refractivity contribution in [2.24, 2.45) is 0 Å². The summed E-state index contributed by atoms with van der Waals surface area (Å²) < 4.78 is 10.7. The lowest BCUT2D eigenvalue weighted by molar-refractivity contribution is 0.0448. The fourth-order valence-corrected chi connectivity index (χ4v) is 2.62. The van der Waals surface area contributed by atoms with E-state index in [1.54, 1.807) is 12.1 Å². The summed E-state index contributed by atoms with van der Waals surface area (Å²) in [6, 6.07) is 7.86. The highest BCUT2D eigenvalue weighted by molar-refractivity contribution is 5.96. The minimum Gasteiger partial charge on any atom is -0.507 e. The van der Waals surface area contributed by atoms with E-state index in [-0.39, 0.29) is 17.1 Å². The predicted octanol–water partition coefficient (Wildman–Crippen LogP) is 2.67. The van der Waals surface area contributed by atoms with Crippen molar-refractivity contribution in [2.45, 2.75) is 13.0 Å². The van der Waals surface area contributed by atoms with Crippen LogP contribution in [0.3, 0.4) is 0 Å². The lowest BCUT2D eigenvalue weighted by Gasteiger charge is -2.16. The van der Waals surface area contributed by atoms with Crippen LogP contribution in [0.1, 0.15) is 33.2 Å². The number of aryl methyl sites for hydroxylation is 1. The quantitative estimate of drug-likeness (QED) is 0.830. The first-order chi connectivity index (χ1) is 10.0. The van der Waals surface area contributed by atoms with Crippen LogP contribution in [0.2, 0.25) is 0 Å². The van der Waals surface area contributed by atoms with E-state index in [0.717, 1.165) is 5.56 Å². The molecule has 2 aromatic carbocycles. The molecule has 0 bridgehead atoms. The van der Waals surface area contributed by atoms with Gasteiger partial charge in [0.1, 0.15) is 17.2 Å². The Balaban J connectivity index is 2.25. The van der Waals surface area contributed by atoms with Crippen LogP contribution < -0.4 is 4.74 Å². The fraction of sp³-hybridized carbons (Fsp3) is 0.188. The fourth-order valence-electron chi connectivity index (χ4n) is 2.62. The van der Waals surface area contributed by atoms with Gasteiger partial charge in [-0.2, -0.15) is 0 Å². The SMILES string of the molecule is COc1cc(C)cc2c1C(c1c(O)cccc1O)OC2=O. The molecule has 1 aliphatic heterocycles. The number of benzene rings is 2. The maximum Gasteiger partial charge on any atom is 0.339 e. The summed E-state index contributed by atoms with van der Waals surface area (Å²) in [5.41, 5.74) is 1.93. The first kappa shape index (κ1) is 13.3. The van der Waals surface area contributed by atoms with Crippen LogP contribution in [0.5, 0.6) is 17.2 Å². The Labute approximate surface area is 121 Å². The summed E-state index contributed by atoms with van der Waals surface area (Å²) in [6.45, 7) is 1.85. The molecule has 1 atom stereocenters. The third-order valence-corrected chi connectivity index (χ3v) is 3.54. The lowest BCUT2D eigenvalue weighted by Crippen LogP contribution is -2.03. The summed E-state index contributed by atoms with van der Waals surface area (Å²) >= 11 is 0. The molecule has 5 heteroatoms. The van der Waals surface area contributed by atoms with Crippen LogP contribution in [-0.2, 0) is 4.74 Å². The van der Waals surface area contributed by atoms with Crippen molar-refractivity contribution in [3.63, 3.8) is 0 Å². The molecule has 2 N–H and O–H groups in total. The highest BCUT2D eigenvalue weighted by Gasteiger charge is 2.38. The average Bonchev–Trinajstić information content (AvgIpc) is 2.75. The second kappa shape index (κ2) is 4.70. The number of methoxy groups -OCH3 is 1. The standard InChI is InChI=1S/C16H14O5/c1-8-6-9-13(12(7-8)20-2)15(21-16(9)19)14-10(17)4-3-5-11(14)18/h3-7,15,17-18H,1-2H3. The van der Waals surface area contributed by atoms with E-state index in [1.165, 1.54) is 25.3 Å². The molecule has 21 heavy (non-hydrogen) atoms. The zero-order chi connectivity index (χ0) is 15.1. The van der Waals surface area contributed by atoms with Crippen molar-refractivity contribution in [3.8, 4) is 17.2 Å². The molecule has 0 fully saturated rings. The summed E-state index contributed by atoms with van der Waals surface area (Å²) in [5, 5.41) is 20.0.